The van der Waals surface area contributed by atoms with Crippen molar-refractivity contribution < 1.29 is 14.0 Å². The summed E-state index contributed by atoms with van der Waals surface area (Å²) < 4.78 is 5.23. The van der Waals surface area contributed by atoms with Crippen LogP contribution in [0.5, 0.6) is 0 Å². The fraction of sp³-hybridized carbons (Fsp3) is 0.261. The first-order valence-electron chi connectivity index (χ1n) is 9.79. The van der Waals surface area contributed by atoms with Crippen LogP contribution in [0.15, 0.2) is 63.8 Å². The highest BCUT2D eigenvalue weighted by Crippen LogP contribution is 2.21. The Labute approximate surface area is 174 Å². The summed E-state index contributed by atoms with van der Waals surface area (Å²) in [6.45, 7) is 3.38. The van der Waals surface area contributed by atoms with E-state index in [-0.39, 0.29) is 5.91 Å². The van der Waals surface area contributed by atoms with Gasteiger partial charge in [0.05, 0.1) is 6.04 Å². The summed E-state index contributed by atoms with van der Waals surface area (Å²) in [6.07, 6.45) is 1.03. The maximum Gasteiger partial charge on any atom is 0.336 e. The second-order valence-electron chi connectivity index (χ2n) is 7.32. The molecule has 0 saturated heterocycles. The largest absolute Gasteiger partial charge is 0.423 e. The number of hydrogen-bond acceptors (Lipinski definition) is 5. The highest BCUT2D eigenvalue weighted by Gasteiger charge is 2.22. The Kier molecular flexibility index (Phi) is 6.64. The number of benzene rings is 2. The van der Waals surface area contributed by atoms with Crippen molar-refractivity contribution in [3.05, 3.63) is 76.1 Å². The smallest absolute Gasteiger partial charge is 0.336 e. The van der Waals surface area contributed by atoms with Gasteiger partial charge in [0.25, 0.3) is 0 Å². The van der Waals surface area contributed by atoms with Gasteiger partial charge in [-0.3, -0.25) is 9.59 Å². The summed E-state index contributed by atoms with van der Waals surface area (Å²) in [7, 11) is 0. The van der Waals surface area contributed by atoms with Crippen LogP contribution < -0.4 is 22.0 Å². The molecule has 2 aromatic carbocycles. The van der Waals surface area contributed by atoms with Crippen LogP contribution in [-0.2, 0) is 16.0 Å². The minimum atomic E-state index is -0.760. The van der Waals surface area contributed by atoms with Gasteiger partial charge in [-0.25, -0.2) is 4.79 Å². The molecule has 7 heteroatoms. The first kappa shape index (κ1) is 21.3. The van der Waals surface area contributed by atoms with E-state index in [2.05, 4.69) is 10.6 Å². The maximum absolute atomic E-state index is 12.9. The van der Waals surface area contributed by atoms with E-state index in [1.807, 2.05) is 37.3 Å². The van der Waals surface area contributed by atoms with Gasteiger partial charge in [0.1, 0.15) is 11.6 Å². The van der Waals surface area contributed by atoms with Crippen LogP contribution in [0.4, 0.5) is 5.69 Å². The predicted octanol–water partition coefficient (Wildman–Crippen LogP) is 2.50. The number of fused-ring (bicyclic) bond motifs is 1. The van der Waals surface area contributed by atoms with Crippen molar-refractivity contribution >= 4 is 28.5 Å². The van der Waals surface area contributed by atoms with Gasteiger partial charge < -0.3 is 20.8 Å². The lowest BCUT2D eigenvalue weighted by Crippen LogP contribution is -2.49. The van der Waals surface area contributed by atoms with Crippen LogP contribution >= 0.6 is 0 Å². The molecule has 0 aliphatic rings. The molecule has 0 aliphatic carbocycles. The first-order valence-corrected chi connectivity index (χ1v) is 9.79. The molecule has 7 nitrogen and oxygen atoms in total. The van der Waals surface area contributed by atoms with Crippen molar-refractivity contribution in [2.45, 2.75) is 38.8 Å². The second kappa shape index (κ2) is 9.37. The third-order valence-electron chi connectivity index (χ3n) is 4.83. The average molecular weight is 407 g/mol. The lowest BCUT2D eigenvalue weighted by molar-refractivity contribution is -0.127. The normalized spacial score (nSPS) is 12.9. The molecule has 1 heterocycles. The minimum absolute atomic E-state index is 0.366. The molecule has 1 aromatic heterocycles. The molecular weight excluding hydrogens is 382 g/mol. The van der Waals surface area contributed by atoms with E-state index in [9.17, 15) is 14.4 Å². The van der Waals surface area contributed by atoms with Crippen molar-refractivity contribution in [3.8, 4) is 0 Å². The third kappa shape index (κ3) is 5.33. The Morgan fingerprint density at radius 1 is 1.07 bits per heavy atom. The van der Waals surface area contributed by atoms with Crippen LogP contribution in [0.25, 0.3) is 11.0 Å². The zero-order valence-corrected chi connectivity index (χ0v) is 17.0. The zero-order valence-electron chi connectivity index (χ0n) is 17.0. The van der Waals surface area contributed by atoms with E-state index in [4.69, 9.17) is 10.2 Å². The van der Waals surface area contributed by atoms with Gasteiger partial charge in [-0.05, 0) is 49.9 Å². The number of rotatable bonds is 7. The van der Waals surface area contributed by atoms with Crippen LogP contribution in [0, 0.1) is 6.92 Å². The second-order valence-corrected chi connectivity index (χ2v) is 7.32. The van der Waals surface area contributed by atoms with Crippen molar-refractivity contribution in [1.29, 1.82) is 0 Å². The lowest BCUT2D eigenvalue weighted by Gasteiger charge is -2.20. The van der Waals surface area contributed by atoms with Crippen molar-refractivity contribution in [2.24, 2.45) is 5.73 Å². The number of nitrogens with two attached hydrogens (primary N) is 1. The number of nitrogens with one attached hydrogen (secondary N) is 2. The van der Waals surface area contributed by atoms with Gasteiger partial charge in [0.15, 0.2) is 0 Å². The van der Waals surface area contributed by atoms with Crippen LogP contribution in [0.2, 0.25) is 0 Å². The molecule has 4 N–H and O–H groups in total. The van der Waals surface area contributed by atoms with Crippen molar-refractivity contribution in [1.82, 2.24) is 5.32 Å². The lowest BCUT2D eigenvalue weighted by atomic mass is 10.0. The summed E-state index contributed by atoms with van der Waals surface area (Å²) in [6, 6.07) is 14.8. The Morgan fingerprint density at radius 2 is 1.80 bits per heavy atom. The Hall–Kier alpha value is -3.45. The van der Waals surface area contributed by atoms with Gasteiger partial charge in [-0.2, -0.15) is 0 Å². The van der Waals surface area contributed by atoms with Crippen molar-refractivity contribution in [3.63, 3.8) is 0 Å². The number of amides is 2. The zero-order chi connectivity index (χ0) is 21.7. The Morgan fingerprint density at radius 3 is 2.50 bits per heavy atom. The van der Waals surface area contributed by atoms with Gasteiger partial charge in [0.2, 0.25) is 11.8 Å². The molecule has 3 aromatic rings. The van der Waals surface area contributed by atoms with E-state index >= 15 is 0 Å². The summed E-state index contributed by atoms with van der Waals surface area (Å²) in [5.74, 6) is -0.766. The summed E-state index contributed by atoms with van der Waals surface area (Å²) in [5.41, 5.74) is 7.92. The molecule has 30 heavy (non-hydrogen) atoms. The molecule has 156 valence electrons. The summed E-state index contributed by atoms with van der Waals surface area (Å²) in [4.78, 5) is 36.6. The Bertz CT molecular complexity index is 1110. The van der Waals surface area contributed by atoms with Crippen molar-refractivity contribution in [2.75, 3.05) is 5.32 Å². The van der Waals surface area contributed by atoms with E-state index in [1.54, 1.807) is 25.1 Å². The highest BCUT2D eigenvalue weighted by molar-refractivity contribution is 5.99. The molecule has 0 aliphatic heterocycles. The maximum atomic E-state index is 12.9. The van der Waals surface area contributed by atoms with Gasteiger partial charge in [-0.15, -0.1) is 0 Å². The van der Waals surface area contributed by atoms with Crippen LogP contribution in [0.1, 0.15) is 24.5 Å². The van der Waals surface area contributed by atoms with E-state index in [1.165, 1.54) is 6.07 Å². The molecule has 0 unspecified atom stereocenters. The molecular formula is C23H25N3O4. The van der Waals surface area contributed by atoms with Crippen LogP contribution in [0.3, 0.4) is 0 Å². The van der Waals surface area contributed by atoms with E-state index in [0.29, 0.717) is 24.1 Å². The minimum Gasteiger partial charge on any atom is -0.423 e. The molecule has 0 spiro atoms. The molecule has 0 saturated carbocycles. The number of carbonyl (C=O) groups excluding carboxylic acids is 2. The quantitative estimate of drug-likeness (QED) is 0.521. The monoisotopic (exact) mass is 407 g/mol. The summed E-state index contributed by atoms with van der Waals surface area (Å²) >= 11 is 0. The third-order valence-corrected chi connectivity index (χ3v) is 4.83. The fourth-order valence-electron chi connectivity index (χ4n) is 3.16. The standard InChI is InChI=1S/C23H25N3O4/c1-14-12-21(27)30-20-13-17(9-10-18(14)20)25-23(29)19(26-22(28)15(2)24)11-8-16-6-4-3-5-7-16/h3-7,9-10,12-13,15,19H,8,11,24H2,1-2H3,(H,25,29)(H,26,28)/t15-,19-/m0/s1. The molecule has 0 fully saturated rings. The van der Waals surface area contributed by atoms with Gasteiger partial charge in [0, 0.05) is 23.2 Å². The van der Waals surface area contributed by atoms with E-state index in [0.717, 1.165) is 16.5 Å². The highest BCUT2D eigenvalue weighted by atomic mass is 16.4. The molecule has 2 amide bonds. The molecule has 2 atom stereocenters. The summed E-state index contributed by atoms with van der Waals surface area (Å²) in [5, 5.41) is 6.30. The number of hydrogen-bond donors (Lipinski definition) is 3. The SMILES string of the molecule is Cc1cc(=O)oc2cc(NC(=O)[C@H](CCc3ccccc3)NC(=O)[C@H](C)N)ccc12. The van der Waals surface area contributed by atoms with Gasteiger partial charge in [-0.1, -0.05) is 30.3 Å². The topological polar surface area (TPSA) is 114 Å². The first-order chi connectivity index (χ1) is 14.3. The average Bonchev–Trinajstić information content (AvgIpc) is 2.71. The van der Waals surface area contributed by atoms with Crippen LogP contribution in [-0.4, -0.2) is 23.9 Å². The number of anilines is 1. The predicted molar refractivity (Wildman–Crippen MR) is 116 cm³/mol. The molecule has 3 rings (SSSR count). The fourth-order valence-corrected chi connectivity index (χ4v) is 3.16. The van der Waals surface area contributed by atoms with E-state index < -0.39 is 23.6 Å². The van der Waals surface area contributed by atoms with Gasteiger partial charge >= 0.3 is 5.63 Å². The number of aryl methyl sites for hydroxylation is 2. The Balaban J connectivity index is 1.78. The molecule has 0 bridgehead atoms. The molecule has 0 radical (unpaired) electrons. The number of carbonyl (C=O) groups is 2.